The fourth-order valence-corrected chi connectivity index (χ4v) is 4.16. The van der Waals surface area contributed by atoms with E-state index in [0.29, 0.717) is 34.8 Å². The van der Waals surface area contributed by atoms with Gasteiger partial charge in [0.15, 0.2) is 0 Å². The second-order valence-corrected chi connectivity index (χ2v) is 11.2. The lowest BCUT2D eigenvalue weighted by atomic mass is 9.92. The lowest BCUT2D eigenvalue weighted by molar-refractivity contribution is 0.0995. The molecule has 4 N–H and O–H groups in total. The number of alkyl carbamates (subject to hydrolysis) is 1. The van der Waals surface area contributed by atoms with E-state index in [1.54, 1.807) is 12.1 Å². The van der Waals surface area contributed by atoms with Crippen LogP contribution in [-0.2, 0) is 17.8 Å². The molecule has 0 fully saturated rings. The van der Waals surface area contributed by atoms with Crippen molar-refractivity contribution in [1.82, 2.24) is 10.3 Å². The van der Waals surface area contributed by atoms with Crippen LogP contribution in [0.25, 0.3) is 11.1 Å². The molecule has 2 aromatic carbocycles. The summed E-state index contributed by atoms with van der Waals surface area (Å²) in [6.07, 6.45) is 0.135. The summed E-state index contributed by atoms with van der Waals surface area (Å²) in [6, 6.07) is 14.1. The van der Waals surface area contributed by atoms with Crippen LogP contribution in [0.1, 0.15) is 77.8 Å². The lowest BCUT2D eigenvalue weighted by Crippen LogP contribution is -2.40. The highest BCUT2D eigenvalue weighted by molar-refractivity contribution is 6.07. The van der Waals surface area contributed by atoms with E-state index in [1.807, 2.05) is 58.9 Å². The van der Waals surface area contributed by atoms with Crippen molar-refractivity contribution in [3.05, 3.63) is 82.2 Å². The number of pyridine rings is 1. The molecule has 0 unspecified atom stereocenters. The molecule has 0 spiro atoms. The SMILES string of the molecule is Cc1ccc(-c2c(COC(=O)NC(C)(C)C)c(CC(C)C)nc(C)c2NC(=O)c2ccc(C(N)=O)cc2)cc1. The van der Waals surface area contributed by atoms with E-state index in [2.05, 4.69) is 24.5 Å². The molecule has 0 radical (unpaired) electrons. The molecule has 0 saturated heterocycles. The molecule has 0 atom stereocenters. The maximum absolute atomic E-state index is 13.3. The highest BCUT2D eigenvalue weighted by atomic mass is 16.5. The minimum atomic E-state index is -0.565. The normalized spacial score (nSPS) is 11.3. The van der Waals surface area contributed by atoms with Gasteiger partial charge in [0.1, 0.15) is 6.61 Å². The van der Waals surface area contributed by atoms with Gasteiger partial charge in [0.05, 0.1) is 11.4 Å². The van der Waals surface area contributed by atoms with E-state index in [1.165, 1.54) is 12.1 Å². The zero-order valence-corrected chi connectivity index (χ0v) is 23.8. The number of ether oxygens (including phenoxy) is 1. The summed E-state index contributed by atoms with van der Waals surface area (Å²) >= 11 is 0. The van der Waals surface area contributed by atoms with Gasteiger partial charge in [-0.05, 0) is 76.8 Å². The number of nitrogens with two attached hydrogens (primary N) is 1. The van der Waals surface area contributed by atoms with Gasteiger partial charge in [-0.25, -0.2) is 4.79 Å². The smallest absolute Gasteiger partial charge is 0.407 e. The van der Waals surface area contributed by atoms with Crippen molar-refractivity contribution in [3.8, 4) is 11.1 Å². The van der Waals surface area contributed by atoms with Crippen LogP contribution in [0.15, 0.2) is 48.5 Å². The van der Waals surface area contributed by atoms with Gasteiger partial charge in [-0.3, -0.25) is 14.6 Å². The van der Waals surface area contributed by atoms with E-state index in [0.717, 1.165) is 27.9 Å². The number of primary amides is 1. The molecule has 0 bridgehead atoms. The Morgan fingerprint density at radius 2 is 1.54 bits per heavy atom. The standard InChI is InChI=1S/C31H38N4O4/c1-18(2)16-25-24(17-39-30(38)35-31(5,6)7)26(21-10-8-19(3)9-11-21)27(20(4)33-25)34-29(37)23-14-12-22(13-15-23)28(32)36/h8-15,18H,16-17H2,1-7H3,(H2,32,36)(H,34,37)(H,35,38). The topological polar surface area (TPSA) is 123 Å². The number of amides is 3. The van der Waals surface area contributed by atoms with Crippen molar-refractivity contribution < 1.29 is 19.1 Å². The van der Waals surface area contributed by atoms with Crippen LogP contribution in [0, 0.1) is 19.8 Å². The number of carbonyl (C=O) groups is 3. The molecule has 1 heterocycles. The van der Waals surface area contributed by atoms with Gasteiger partial charge in [-0.2, -0.15) is 0 Å². The summed E-state index contributed by atoms with van der Waals surface area (Å²) in [5.41, 5.74) is 11.0. The second kappa shape index (κ2) is 12.1. The maximum Gasteiger partial charge on any atom is 0.407 e. The van der Waals surface area contributed by atoms with Crippen molar-refractivity contribution in [2.45, 2.75) is 67.0 Å². The average molecular weight is 531 g/mol. The van der Waals surface area contributed by atoms with Crippen molar-refractivity contribution in [2.24, 2.45) is 11.7 Å². The molecular formula is C31H38N4O4. The number of aromatic nitrogens is 1. The summed E-state index contributed by atoms with van der Waals surface area (Å²) in [7, 11) is 0. The van der Waals surface area contributed by atoms with E-state index in [4.69, 9.17) is 15.5 Å². The summed E-state index contributed by atoms with van der Waals surface area (Å²) in [4.78, 5) is 42.2. The number of nitrogens with zero attached hydrogens (tertiary/aromatic N) is 1. The fraction of sp³-hybridized carbons (Fsp3) is 0.355. The Hall–Kier alpha value is -4.20. The third-order valence-corrected chi connectivity index (χ3v) is 6.00. The summed E-state index contributed by atoms with van der Waals surface area (Å²) in [6.45, 7) is 13.7. The molecular weight excluding hydrogens is 492 g/mol. The molecule has 0 saturated carbocycles. The van der Waals surface area contributed by atoms with Crippen LogP contribution in [0.3, 0.4) is 0 Å². The number of carbonyl (C=O) groups excluding carboxylic acids is 3. The molecule has 8 heteroatoms. The molecule has 3 aromatic rings. The molecule has 8 nitrogen and oxygen atoms in total. The van der Waals surface area contributed by atoms with Crippen LogP contribution in [-0.4, -0.2) is 28.4 Å². The Morgan fingerprint density at radius 3 is 2.08 bits per heavy atom. The molecule has 0 aliphatic rings. The first-order valence-corrected chi connectivity index (χ1v) is 13.0. The number of rotatable bonds is 8. The van der Waals surface area contributed by atoms with Crippen molar-refractivity contribution in [3.63, 3.8) is 0 Å². The Balaban J connectivity index is 2.13. The zero-order chi connectivity index (χ0) is 28.9. The van der Waals surface area contributed by atoms with Crippen LogP contribution < -0.4 is 16.4 Å². The van der Waals surface area contributed by atoms with E-state index in [9.17, 15) is 14.4 Å². The highest BCUT2D eigenvalue weighted by Gasteiger charge is 2.24. The Labute approximate surface area is 230 Å². The quantitative estimate of drug-likeness (QED) is 0.333. The summed E-state index contributed by atoms with van der Waals surface area (Å²) in [5, 5.41) is 5.85. The third-order valence-electron chi connectivity index (χ3n) is 6.00. The Morgan fingerprint density at radius 1 is 0.949 bits per heavy atom. The Kier molecular flexibility index (Phi) is 9.11. The predicted octanol–water partition coefficient (Wildman–Crippen LogP) is 5.94. The van der Waals surface area contributed by atoms with Crippen molar-refractivity contribution in [2.75, 3.05) is 5.32 Å². The fourth-order valence-electron chi connectivity index (χ4n) is 4.16. The zero-order valence-electron chi connectivity index (χ0n) is 23.8. The second-order valence-electron chi connectivity index (χ2n) is 11.2. The monoisotopic (exact) mass is 530 g/mol. The number of hydrogen-bond acceptors (Lipinski definition) is 5. The van der Waals surface area contributed by atoms with Gasteiger partial charge < -0.3 is 21.1 Å². The number of benzene rings is 2. The molecule has 206 valence electrons. The highest BCUT2D eigenvalue weighted by Crippen LogP contribution is 2.37. The molecule has 0 aliphatic heterocycles. The van der Waals surface area contributed by atoms with E-state index < -0.39 is 17.5 Å². The minimum Gasteiger partial charge on any atom is -0.445 e. The lowest BCUT2D eigenvalue weighted by Gasteiger charge is -2.23. The summed E-state index contributed by atoms with van der Waals surface area (Å²) in [5.74, 6) is -0.628. The van der Waals surface area contributed by atoms with Gasteiger partial charge in [-0.15, -0.1) is 0 Å². The van der Waals surface area contributed by atoms with Gasteiger partial charge in [-0.1, -0.05) is 43.7 Å². The number of aryl methyl sites for hydroxylation is 2. The molecule has 39 heavy (non-hydrogen) atoms. The first kappa shape index (κ1) is 29.4. The van der Waals surface area contributed by atoms with Crippen molar-refractivity contribution >= 4 is 23.6 Å². The largest absolute Gasteiger partial charge is 0.445 e. The molecule has 3 amide bonds. The summed E-state index contributed by atoms with van der Waals surface area (Å²) < 4.78 is 5.69. The molecule has 3 rings (SSSR count). The van der Waals surface area contributed by atoms with Gasteiger partial charge in [0.2, 0.25) is 5.91 Å². The molecule has 1 aromatic heterocycles. The van der Waals surface area contributed by atoms with Gasteiger partial charge in [0, 0.05) is 33.5 Å². The van der Waals surface area contributed by atoms with Crippen molar-refractivity contribution in [1.29, 1.82) is 0 Å². The first-order chi connectivity index (χ1) is 18.2. The van der Waals surface area contributed by atoms with Gasteiger partial charge >= 0.3 is 6.09 Å². The average Bonchev–Trinajstić information content (AvgIpc) is 2.84. The molecule has 0 aliphatic carbocycles. The predicted molar refractivity (Wildman–Crippen MR) is 154 cm³/mol. The van der Waals surface area contributed by atoms with Crippen LogP contribution in [0.4, 0.5) is 10.5 Å². The number of hydrogen-bond donors (Lipinski definition) is 3. The first-order valence-electron chi connectivity index (χ1n) is 13.0. The minimum absolute atomic E-state index is 0.0172. The van der Waals surface area contributed by atoms with Crippen LogP contribution >= 0.6 is 0 Å². The van der Waals surface area contributed by atoms with Crippen LogP contribution in [0.2, 0.25) is 0 Å². The maximum atomic E-state index is 13.3. The number of nitrogens with one attached hydrogen (secondary N) is 2. The van der Waals surface area contributed by atoms with Gasteiger partial charge in [0.25, 0.3) is 5.91 Å². The van der Waals surface area contributed by atoms with E-state index >= 15 is 0 Å². The number of anilines is 1. The third kappa shape index (κ3) is 7.89. The Bertz CT molecular complexity index is 1360. The van der Waals surface area contributed by atoms with E-state index in [-0.39, 0.29) is 12.5 Å². The van der Waals surface area contributed by atoms with Crippen LogP contribution in [0.5, 0.6) is 0 Å².